The van der Waals surface area contributed by atoms with Crippen LogP contribution in [-0.4, -0.2) is 60.8 Å². The van der Waals surface area contributed by atoms with Crippen molar-refractivity contribution >= 4 is 23.4 Å². The first-order chi connectivity index (χ1) is 11.7. The number of hydrogen-bond acceptors (Lipinski definition) is 5. The van der Waals surface area contributed by atoms with Crippen LogP contribution in [0.2, 0.25) is 0 Å². The number of rotatable bonds is 7. The summed E-state index contributed by atoms with van der Waals surface area (Å²) in [5.74, 6) is 0.744. The Kier molecular flexibility index (Phi) is 8.68. The standard InChI is InChI=1S/C17H31N5O2S/c1-7-18-15(19-9-8-14-21-12-13(2)25-14)20-10-11-22(6)16(23)24-17(3,4)5/h12H,7-11H2,1-6H3,(H2,18,19,20). The number of ether oxygens (including phenoxy) is 1. The van der Waals surface area contributed by atoms with Crippen molar-refractivity contribution in [3.63, 3.8) is 0 Å². The maximum absolute atomic E-state index is 11.9. The molecule has 0 atom stereocenters. The van der Waals surface area contributed by atoms with Crippen LogP contribution in [0.4, 0.5) is 4.79 Å². The first kappa shape index (κ1) is 21.2. The van der Waals surface area contributed by atoms with Crippen molar-refractivity contribution in [2.24, 2.45) is 4.99 Å². The third kappa shape index (κ3) is 9.28. The van der Waals surface area contributed by atoms with Gasteiger partial charge in [-0.25, -0.2) is 9.78 Å². The molecular weight excluding hydrogens is 338 g/mol. The van der Waals surface area contributed by atoms with Gasteiger partial charge in [0.05, 0.1) is 5.01 Å². The molecule has 0 fully saturated rings. The number of carbonyl (C=O) groups is 1. The molecule has 0 aliphatic carbocycles. The lowest BCUT2D eigenvalue weighted by molar-refractivity contribution is 0.0302. The fourth-order valence-electron chi connectivity index (χ4n) is 1.90. The van der Waals surface area contributed by atoms with Gasteiger partial charge in [0.1, 0.15) is 5.60 Å². The molecule has 0 saturated heterocycles. The van der Waals surface area contributed by atoms with E-state index in [1.54, 1.807) is 23.3 Å². The van der Waals surface area contributed by atoms with Crippen molar-refractivity contribution in [3.05, 3.63) is 16.1 Å². The summed E-state index contributed by atoms with van der Waals surface area (Å²) in [7, 11) is 1.73. The van der Waals surface area contributed by atoms with E-state index >= 15 is 0 Å². The lowest BCUT2D eigenvalue weighted by Gasteiger charge is -2.24. The van der Waals surface area contributed by atoms with Gasteiger partial charge in [-0.3, -0.25) is 4.99 Å². The van der Waals surface area contributed by atoms with E-state index in [2.05, 4.69) is 27.5 Å². The number of likely N-dealkylation sites (N-methyl/N-ethyl adjacent to an activating group) is 1. The number of aromatic nitrogens is 1. The lowest BCUT2D eigenvalue weighted by atomic mass is 10.2. The van der Waals surface area contributed by atoms with E-state index < -0.39 is 5.60 Å². The number of nitrogens with one attached hydrogen (secondary N) is 2. The second-order valence-electron chi connectivity index (χ2n) is 6.70. The van der Waals surface area contributed by atoms with Gasteiger partial charge in [-0.1, -0.05) is 0 Å². The molecule has 0 saturated carbocycles. The maximum Gasteiger partial charge on any atom is 0.410 e. The Labute approximate surface area is 154 Å². The van der Waals surface area contributed by atoms with Gasteiger partial charge < -0.3 is 20.3 Å². The van der Waals surface area contributed by atoms with Gasteiger partial charge in [-0.2, -0.15) is 0 Å². The predicted molar refractivity (Wildman–Crippen MR) is 103 cm³/mol. The molecule has 25 heavy (non-hydrogen) atoms. The molecule has 1 amide bonds. The van der Waals surface area contributed by atoms with Crippen LogP contribution in [0.3, 0.4) is 0 Å². The summed E-state index contributed by atoms with van der Waals surface area (Å²) in [6.07, 6.45) is 2.39. The van der Waals surface area contributed by atoms with Crippen molar-refractivity contribution < 1.29 is 9.53 Å². The Morgan fingerprint density at radius 1 is 1.40 bits per heavy atom. The third-order valence-electron chi connectivity index (χ3n) is 3.05. The van der Waals surface area contributed by atoms with Crippen molar-refractivity contribution in [2.45, 2.75) is 46.6 Å². The van der Waals surface area contributed by atoms with E-state index in [0.717, 1.165) is 23.9 Å². The second-order valence-corrected chi connectivity index (χ2v) is 8.02. The van der Waals surface area contributed by atoms with E-state index in [9.17, 15) is 4.79 Å². The molecule has 0 radical (unpaired) electrons. The molecule has 7 nitrogen and oxygen atoms in total. The summed E-state index contributed by atoms with van der Waals surface area (Å²) >= 11 is 1.70. The fourth-order valence-corrected chi connectivity index (χ4v) is 2.67. The van der Waals surface area contributed by atoms with E-state index in [1.807, 2.05) is 33.9 Å². The maximum atomic E-state index is 11.9. The highest BCUT2D eigenvalue weighted by Crippen LogP contribution is 2.11. The van der Waals surface area contributed by atoms with E-state index in [0.29, 0.717) is 19.6 Å². The number of guanidine groups is 1. The molecule has 2 N–H and O–H groups in total. The lowest BCUT2D eigenvalue weighted by Crippen LogP contribution is -2.43. The molecule has 1 aromatic rings. The van der Waals surface area contributed by atoms with Crippen molar-refractivity contribution in [1.29, 1.82) is 0 Å². The highest BCUT2D eigenvalue weighted by molar-refractivity contribution is 7.11. The summed E-state index contributed by atoms with van der Waals surface area (Å²) in [6, 6.07) is 0. The second kappa shape index (κ2) is 10.2. The molecule has 0 bridgehead atoms. The first-order valence-corrected chi connectivity index (χ1v) is 9.40. The highest BCUT2D eigenvalue weighted by atomic mass is 32.1. The number of amides is 1. The van der Waals surface area contributed by atoms with Crippen molar-refractivity contribution in [1.82, 2.24) is 20.5 Å². The SMILES string of the molecule is CCNC(=NCCc1ncc(C)s1)NCCN(C)C(=O)OC(C)(C)C. The molecule has 0 unspecified atom stereocenters. The molecule has 142 valence electrons. The van der Waals surface area contributed by atoms with Crippen LogP contribution < -0.4 is 10.6 Å². The molecular formula is C17H31N5O2S. The number of thiazole rings is 1. The third-order valence-corrected chi connectivity index (χ3v) is 4.03. The van der Waals surface area contributed by atoms with Crippen LogP contribution in [-0.2, 0) is 11.2 Å². The molecule has 1 aromatic heterocycles. The Morgan fingerprint density at radius 3 is 2.68 bits per heavy atom. The number of aryl methyl sites for hydroxylation is 1. The monoisotopic (exact) mass is 369 g/mol. The average Bonchev–Trinajstić information content (AvgIpc) is 2.91. The molecule has 1 rings (SSSR count). The Hall–Kier alpha value is -1.83. The summed E-state index contributed by atoms with van der Waals surface area (Å²) in [4.78, 5) is 23.6. The minimum atomic E-state index is -0.483. The van der Waals surface area contributed by atoms with E-state index in [4.69, 9.17) is 4.74 Å². The number of hydrogen-bond donors (Lipinski definition) is 2. The zero-order valence-electron chi connectivity index (χ0n) is 16.2. The predicted octanol–water partition coefficient (Wildman–Crippen LogP) is 2.42. The minimum Gasteiger partial charge on any atom is -0.444 e. The normalized spacial score (nSPS) is 12.0. The summed E-state index contributed by atoms with van der Waals surface area (Å²) in [5, 5.41) is 7.53. The topological polar surface area (TPSA) is 78.9 Å². The van der Waals surface area contributed by atoms with Crippen molar-refractivity contribution in [2.75, 3.05) is 33.2 Å². The molecule has 0 aromatic carbocycles. The van der Waals surface area contributed by atoms with Crippen molar-refractivity contribution in [3.8, 4) is 0 Å². The molecule has 0 spiro atoms. The van der Waals surface area contributed by atoms with Crippen LogP contribution in [0.25, 0.3) is 0 Å². The minimum absolute atomic E-state index is 0.324. The van der Waals surface area contributed by atoms with Crippen LogP contribution in [0.5, 0.6) is 0 Å². The summed E-state index contributed by atoms with van der Waals surface area (Å²) < 4.78 is 5.33. The smallest absolute Gasteiger partial charge is 0.410 e. The molecule has 1 heterocycles. The van der Waals surface area contributed by atoms with Crippen LogP contribution >= 0.6 is 11.3 Å². The Morgan fingerprint density at radius 2 is 2.12 bits per heavy atom. The first-order valence-electron chi connectivity index (χ1n) is 8.59. The summed E-state index contributed by atoms with van der Waals surface area (Å²) in [5.41, 5.74) is -0.483. The number of aliphatic imine (C=N–C) groups is 1. The fraction of sp³-hybridized carbons (Fsp3) is 0.706. The highest BCUT2D eigenvalue weighted by Gasteiger charge is 2.19. The molecule has 0 aliphatic heterocycles. The van der Waals surface area contributed by atoms with Gasteiger partial charge in [-0.05, 0) is 34.6 Å². The Bertz CT molecular complexity index is 566. The van der Waals surface area contributed by atoms with Crippen LogP contribution in [0.15, 0.2) is 11.2 Å². The van der Waals surface area contributed by atoms with Gasteiger partial charge in [0, 0.05) is 50.7 Å². The summed E-state index contributed by atoms with van der Waals surface area (Å²) in [6.45, 7) is 12.2. The van der Waals surface area contributed by atoms with Gasteiger partial charge in [0.25, 0.3) is 0 Å². The zero-order valence-corrected chi connectivity index (χ0v) is 17.0. The zero-order chi connectivity index (χ0) is 18.9. The van der Waals surface area contributed by atoms with Gasteiger partial charge in [-0.15, -0.1) is 11.3 Å². The van der Waals surface area contributed by atoms with Gasteiger partial charge in [0.15, 0.2) is 5.96 Å². The van der Waals surface area contributed by atoms with Gasteiger partial charge in [0.2, 0.25) is 0 Å². The Balaban J connectivity index is 2.38. The number of carbonyl (C=O) groups excluding carboxylic acids is 1. The quantitative estimate of drug-likeness (QED) is 0.570. The van der Waals surface area contributed by atoms with E-state index in [1.165, 1.54) is 4.88 Å². The molecule has 0 aliphatic rings. The number of nitrogens with zero attached hydrogens (tertiary/aromatic N) is 3. The van der Waals surface area contributed by atoms with Gasteiger partial charge >= 0.3 is 6.09 Å². The largest absolute Gasteiger partial charge is 0.444 e. The van der Waals surface area contributed by atoms with Crippen LogP contribution in [0.1, 0.15) is 37.6 Å². The molecule has 8 heteroatoms. The van der Waals surface area contributed by atoms with E-state index in [-0.39, 0.29) is 6.09 Å². The average molecular weight is 370 g/mol. The van der Waals surface area contributed by atoms with Crippen LogP contribution in [0, 0.1) is 6.92 Å².